The van der Waals surface area contributed by atoms with Crippen molar-refractivity contribution in [1.82, 2.24) is 5.32 Å². The predicted molar refractivity (Wildman–Crippen MR) is 164 cm³/mol. The largest absolute Gasteiger partial charge is 0.495 e. The van der Waals surface area contributed by atoms with E-state index in [1.807, 2.05) is 0 Å². The van der Waals surface area contributed by atoms with Crippen molar-refractivity contribution in [3.05, 3.63) is 87.2 Å². The topological polar surface area (TPSA) is 106 Å². The Bertz CT molecular complexity index is 1620. The lowest BCUT2D eigenvalue weighted by Gasteiger charge is -2.37. The minimum Gasteiger partial charge on any atom is -0.495 e. The van der Waals surface area contributed by atoms with Crippen LogP contribution in [0.4, 0.5) is 15.8 Å². The molecule has 226 valence electrons. The average molecular weight is 629 g/mol. The van der Waals surface area contributed by atoms with Crippen LogP contribution in [0.3, 0.4) is 0 Å². The lowest BCUT2D eigenvalue weighted by Crippen LogP contribution is -2.49. The summed E-state index contributed by atoms with van der Waals surface area (Å²) in [6.07, 6.45) is 0.523. The highest BCUT2D eigenvalue weighted by Gasteiger charge is 2.65. The highest BCUT2D eigenvalue weighted by atomic mass is 35.5. The van der Waals surface area contributed by atoms with Crippen LogP contribution in [0.25, 0.3) is 0 Å². The first-order valence-corrected chi connectivity index (χ1v) is 14.5. The zero-order valence-electron chi connectivity index (χ0n) is 24.3. The SMILES string of the molecule is COC(=O)c1ccc(NC(=O)[C@@H]2N[C@@H](CC(C)(C)C)C3(C(=O)Nc4cc(Cl)ccc43)[C@H]2c2ccc(F)c(Cl)c2)c(OC)c1. The van der Waals surface area contributed by atoms with Gasteiger partial charge >= 0.3 is 5.97 Å². The third-order valence-electron chi connectivity index (χ3n) is 8.09. The van der Waals surface area contributed by atoms with Crippen LogP contribution in [-0.4, -0.2) is 44.1 Å². The molecule has 3 N–H and O–H groups in total. The van der Waals surface area contributed by atoms with Gasteiger partial charge in [0, 0.05) is 22.7 Å². The van der Waals surface area contributed by atoms with E-state index in [4.69, 9.17) is 32.7 Å². The number of ether oxygens (including phenoxy) is 2. The molecule has 11 heteroatoms. The van der Waals surface area contributed by atoms with Gasteiger partial charge in [-0.2, -0.15) is 0 Å². The van der Waals surface area contributed by atoms with Crippen LogP contribution in [0.15, 0.2) is 54.6 Å². The molecule has 0 aromatic heterocycles. The number of hydrogen-bond donors (Lipinski definition) is 3. The number of carbonyl (C=O) groups is 3. The maximum atomic E-state index is 14.4. The molecule has 2 aliphatic rings. The fourth-order valence-electron chi connectivity index (χ4n) is 6.38. The summed E-state index contributed by atoms with van der Waals surface area (Å²) in [7, 11) is 2.69. The van der Waals surface area contributed by atoms with Crippen LogP contribution in [0, 0.1) is 11.2 Å². The van der Waals surface area contributed by atoms with E-state index in [-0.39, 0.29) is 27.7 Å². The number of fused-ring (bicyclic) bond motifs is 2. The molecule has 0 saturated carbocycles. The third kappa shape index (κ3) is 5.46. The third-order valence-corrected chi connectivity index (χ3v) is 8.61. The number of hydrogen-bond acceptors (Lipinski definition) is 6. The van der Waals surface area contributed by atoms with Gasteiger partial charge in [0.25, 0.3) is 0 Å². The Morgan fingerprint density at radius 1 is 1.05 bits per heavy atom. The van der Waals surface area contributed by atoms with Gasteiger partial charge in [0.15, 0.2) is 0 Å². The second kappa shape index (κ2) is 11.4. The second-order valence-electron chi connectivity index (χ2n) is 12.0. The summed E-state index contributed by atoms with van der Waals surface area (Å²) in [4.78, 5) is 40.6. The Kier molecular flexibility index (Phi) is 8.19. The predicted octanol–water partition coefficient (Wildman–Crippen LogP) is 6.32. The summed E-state index contributed by atoms with van der Waals surface area (Å²) in [6.45, 7) is 6.18. The second-order valence-corrected chi connectivity index (χ2v) is 12.9. The number of methoxy groups -OCH3 is 2. The Balaban J connectivity index is 1.67. The molecule has 2 heterocycles. The van der Waals surface area contributed by atoms with Crippen LogP contribution in [0.2, 0.25) is 10.0 Å². The first-order chi connectivity index (χ1) is 20.3. The lowest BCUT2D eigenvalue weighted by molar-refractivity contribution is -0.122. The molecule has 0 radical (unpaired) electrons. The van der Waals surface area contributed by atoms with Crippen molar-refractivity contribution in [2.75, 3.05) is 24.9 Å². The van der Waals surface area contributed by atoms with Crippen molar-refractivity contribution in [1.29, 1.82) is 0 Å². The van der Waals surface area contributed by atoms with Crippen molar-refractivity contribution in [2.45, 2.75) is 50.6 Å². The first kappa shape index (κ1) is 30.8. The quantitative estimate of drug-likeness (QED) is 0.276. The summed E-state index contributed by atoms with van der Waals surface area (Å²) in [6, 6.07) is 12.5. The van der Waals surface area contributed by atoms with Crippen LogP contribution >= 0.6 is 23.2 Å². The lowest BCUT2D eigenvalue weighted by atomic mass is 9.62. The Morgan fingerprint density at radius 3 is 2.44 bits per heavy atom. The van der Waals surface area contributed by atoms with Crippen LogP contribution < -0.4 is 20.7 Å². The molecule has 2 aliphatic heterocycles. The minimum absolute atomic E-state index is 0.124. The van der Waals surface area contributed by atoms with Crippen molar-refractivity contribution in [2.24, 2.45) is 5.41 Å². The van der Waals surface area contributed by atoms with Crippen LogP contribution in [0.1, 0.15) is 54.6 Å². The molecule has 3 aromatic rings. The highest BCUT2D eigenvalue weighted by Crippen LogP contribution is 2.57. The number of amides is 2. The molecule has 0 bridgehead atoms. The summed E-state index contributed by atoms with van der Waals surface area (Å²) in [5.41, 5.74) is 0.799. The van der Waals surface area contributed by atoms with E-state index in [0.717, 1.165) is 0 Å². The van der Waals surface area contributed by atoms with E-state index in [2.05, 4.69) is 36.7 Å². The van der Waals surface area contributed by atoms with Gasteiger partial charge in [-0.15, -0.1) is 0 Å². The van der Waals surface area contributed by atoms with Crippen molar-refractivity contribution in [3.63, 3.8) is 0 Å². The van der Waals surface area contributed by atoms with Crippen molar-refractivity contribution in [3.8, 4) is 5.75 Å². The number of rotatable bonds is 6. The molecular weight excluding hydrogens is 596 g/mol. The molecule has 0 aliphatic carbocycles. The minimum atomic E-state index is -1.27. The number of carbonyl (C=O) groups excluding carboxylic acids is 3. The zero-order valence-corrected chi connectivity index (χ0v) is 25.8. The summed E-state index contributed by atoms with van der Waals surface area (Å²) < 4.78 is 24.6. The Morgan fingerprint density at radius 2 is 1.79 bits per heavy atom. The number of benzene rings is 3. The fraction of sp³-hybridized carbons (Fsp3) is 0.344. The number of halogens is 3. The Hall–Kier alpha value is -3.66. The molecule has 1 saturated heterocycles. The molecule has 43 heavy (non-hydrogen) atoms. The van der Waals surface area contributed by atoms with E-state index in [0.29, 0.717) is 33.9 Å². The number of esters is 1. The molecule has 1 spiro atoms. The van der Waals surface area contributed by atoms with E-state index in [1.54, 1.807) is 30.3 Å². The molecule has 1 fully saturated rings. The van der Waals surface area contributed by atoms with Gasteiger partial charge in [-0.05, 0) is 65.4 Å². The number of nitrogens with one attached hydrogen (secondary N) is 3. The standard InChI is InChI=1S/C32H32Cl2FN3O5/c1-31(2,3)15-25-32(19-9-8-18(33)14-23(19)37-30(32)41)26(16-6-10-21(35)20(34)12-16)27(38-25)28(39)36-22-11-7-17(29(40)43-5)13-24(22)42-4/h6-14,25-27,38H,15H2,1-5H3,(H,36,39)(H,37,41)/t25-,26-,27+,32?/m0/s1. The van der Waals surface area contributed by atoms with Crippen molar-refractivity contribution >= 4 is 52.4 Å². The smallest absolute Gasteiger partial charge is 0.337 e. The highest BCUT2D eigenvalue weighted by molar-refractivity contribution is 6.31. The molecule has 4 atom stereocenters. The summed E-state index contributed by atoms with van der Waals surface area (Å²) in [5, 5.41) is 9.72. The van der Waals surface area contributed by atoms with Gasteiger partial charge in [-0.1, -0.05) is 56.1 Å². The Labute approximate surface area is 259 Å². The zero-order chi connectivity index (χ0) is 31.3. The van der Waals surface area contributed by atoms with Crippen molar-refractivity contribution < 1.29 is 28.2 Å². The van der Waals surface area contributed by atoms with Gasteiger partial charge in [-0.25, -0.2) is 9.18 Å². The molecule has 3 aromatic carbocycles. The van der Waals surface area contributed by atoms with Crippen LogP contribution in [-0.2, 0) is 19.7 Å². The monoisotopic (exact) mass is 627 g/mol. The van der Waals surface area contributed by atoms with Gasteiger partial charge in [0.1, 0.15) is 17.0 Å². The first-order valence-electron chi connectivity index (χ1n) is 13.7. The van der Waals surface area contributed by atoms with Gasteiger partial charge in [0.2, 0.25) is 11.8 Å². The van der Waals surface area contributed by atoms with Crippen LogP contribution in [0.5, 0.6) is 5.75 Å². The van der Waals surface area contributed by atoms with E-state index in [1.165, 1.54) is 38.5 Å². The average Bonchev–Trinajstić information content (AvgIpc) is 3.43. The summed E-state index contributed by atoms with van der Waals surface area (Å²) >= 11 is 12.6. The molecule has 1 unspecified atom stereocenters. The molecule has 2 amide bonds. The molecule has 5 rings (SSSR count). The van der Waals surface area contributed by atoms with E-state index in [9.17, 15) is 18.8 Å². The van der Waals surface area contributed by atoms with Gasteiger partial charge in [-0.3, -0.25) is 9.59 Å². The fourth-order valence-corrected chi connectivity index (χ4v) is 6.74. The molecular formula is C32H32Cl2FN3O5. The van der Waals surface area contributed by atoms with Gasteiger partial charge in [0.05, 0.1) is 36.5 Å². The summed E-state index contributed by atoms with van der Waals surface area (Å²) in [5.74, 6) is -2.49. The number of anilines is 2. The van der Waals surface area contributed by atoms with E-state index < -0.39 is 41.1 Å². The van der Waals surface area contributed by atoms with E-state index >= 15 is 0 Å². The maximum absolute atomic E-state index is 14.4. The maximum Gasteiger partial charge on any atom is 0.337 e. The van der Waals surface area contributed by atoms with Gasteiger partial charge < -0.3 is 25.4 Å². The normalized spacial score (nSPS) is 22.7. The molecule has 8 nitrogen and oxygen atoms in total.